The smallest absolute Gasteiger partial charge is 0.398 e. The second-order valence-electron chi connectivity index (χ2n) is 8.13. The number of carbonyl (C=O) groups is 1. The quantitative estimate of drug-likeness (QED) is 0.677. The number of hydrogen-bond acceptors (Lipinski definition) is 6. The third-order valence-electron chi connectivity index (χ3n) is 5.64. The van der Waals surface area contributed by atoms with Crippen LogP contribution in [0.2, 0.25) is 0 Å². The second kappa shape index (κ2) is 8.03. The van der Waals surface area contributed by atoms with Gasteiger partial charge in [0.1, 0.15) is 23.6 Å². The zero-order chi connectivity index (χ0) is 22.3. The molecule has 168 valence electrons. The topological polar surface area (TPSA) is 103 Å². The van der Waals surface area contributed by atoms with Gasteiger partial charge in [0.05, 0.1) is 12.3 Å². The fourth-order valence-corrected chi connectivity index (χ4v) is 4.23. The van der Waals surface area contributed by atoms with Gasteiger partial charge < -0.3 is 20.1 Å². The molecule has 1 fully saturated rings. The van der Waals surface area contributed by atoms with Crippen LogP contribution in [0.15, 0.2) is 18.3 Å². The maximum atomic E-state index is 13.7. The van der Waals surface area contributed by atoms with Gasteiger partial charge in [0, 0.05) is 30.3 Å². The number of pyridine rings is 1. The third-order valence-corrected chi connectivity index (χ3v) is 5.64. The highest BCUT2D eigenvalue weighted by Crippen LogP contribution is 2.47. The van der Waals surface area contributed by atoms with Crippen molar-refractivity contribution in [2.45, 2.75) is 56.9 Å². The summed E-state index contributed by atoms with van der Waals surface area (Å²) in [7, 11) is 0. The minimum atomic E-state index is -4.77. The SMILES string of the molecule is CC(C)Oc1ccc(N2CCC(c3[nH]nc4c3C(C(F)(F)F)C(O)C(=O)N4)CC2)nc1. The van der Waals surface area contributed by atoms with Gasteiger partial charge in [-0.05, 0) is 38.8 Å². The number of aliphatic hydroxyl groups is 1. The Labute approximate surface area is 176 Å². The number of carbonyl (C=O) groups excluding carboxylic acids is 1. The number of anilines is 2. The van der Waals surface area contributed by atoms with E-state index in [0.717, 1.165) is 5.82 Å². The first kappa shape index (κ1) is 21.4. The Kier molecular flexibility index (Phi) is 5.54. The highest BCUT2D eigenvalue weighted by molar-refractivity contribution is 5.97. The Morgan fingerprint density at radius 2 is 1.97 bits per heavy atom. The average Bonchev–Trinajstić information content (AvgIpc) is 3.11. The molecule has 2 aliphatic heterocycles. The lowest BCUT2D eigenvalue weighted by atomic mass is 9.83. The van der Waals surface area contributed by atoms with E-state index in [-0.39, 0.29) is 23.4 Å². The Morgan fingerprint density at radius 3 is 2.55 bits per heavy atom. The van der Waals surface area contributed by atoms with Gasteiger partial charge in [0.2, 0.25) is 0 Å². The number of nitrogens with one attached hydrogen (secondary N) is 2. The van der Waals surface area contributed by atoms with Gasteiger partial charge in [-0.2, -0.15) is 18.3 Å². The maximum absolute atomic E-state index is 13.7. The van der Waals surface area contributed by atoms with Crippen molar-refractivity contribution in [3.8, 4) is 5.75 Å². The van der Waals surface area contributed by atoms with Crippen molar-refractivity contribution < 1.29 is 27.8 Å². The Balaban J connectivity index is 1.50. The molecule has 2 atom stereocenters. The molecule has 3 N–H and O–H groups in total. The van der Waals surface area contributed by atoms with Crippen LogP contribution in [0.4, 0.5) is 24.8 Å². The van der Waals surface area contributed by atoms with Crippen molar-refractivity contribution >= 4 is 17.5 Å². The summed E-state index contributed by atoms with van der Waals surface area (Å²) in [6, 6.07) is 3.71. The van der Waals surface area contributed by atoms with E-state index in [0.29, 0.717) is 37.4 Å². The number of fused-ring (bicyclic) bond motifs is 1. The maximum Gasteiger partial charge on any atom is 0.398 e. The van der Waals surface area contributed by atoms with E-state index in [1.807, 2.05) is 26.0 Å². The van der Waals surface area contributed by atoms with Crippen LogP contribution in [0.25, 0.3) is 0 Å². The standard InChI is InChI=1S/C20H24F3N5O3/c1-10(2)31-12-3-4-13(24-9-12)28-7-5-11(6-8-28)16-14-15(20(21,22)23)17(29)19(30)25-18(14)27-26-16/h3-4,9-11,15,17,29H,5-8H2,1-2H3,(H2,25,26,27,30). The number of rotatable bonds is 4. The number of ether oxygens (including phenoxy) is 1. The zero-order valence-corrected chi connectivity index (χ0v) is 17.1. The van der Waals surface area contributed by atoms with Gasteiger partial charge in [-0.15, -0.1) is 0 Å². The first-order valence-corrected chi connectivity index (χ1v) is 10.2. The van der Waals surface area contributed by atoms with Crippen molar-refractivity contribution in [1.29, 1.82) is 0 Å². The molecule has 1 saturated heterocycles. The molecule has 0 radical (unpaired) electrons. The van der Waals surface area contributed by atoms with Crippen LogP contribution in [-0.2, 0) is 4.79 Å². The first-order valence-electron chi connectivity index (χ1n) is 10.2. The molecular weight excluding hydrogens is 415 g/mol. The number of aromatic amines is 1. The molecule has 31 heavy (non-hydrogen) atoms. The van der Waals surface area contributed by atoms with Crippen LogP contribution in [0, 0.1) is 0 Å². The van der Waals surface area contributed by atoms with Crippen molar-refractivity contribution in [2.75, 3.05) is 23.3 Å². The third kappa shape index (κ3) is 4.18. The minimum absolute atomic E-state index is 0.0487. The van der Waals surface area contributed by atoms with Crippen molar-refractivity contribution in [3.63, 3.8) is 0 Å². The van der Waals surface area contributed by atoms with Crippen molar-refractivity contribution in [1.82, 2.24) is 15.2 Å². The molecule has 1 amide bonds. The number of aliphatic hydroxyl groups excluding tert-OH is 1. The van der Waals surface area contributed by atoms with E-state index >= 15 is 0 Å². The zero-order valence-electron chi connectivity index (χ0n) is 17.1. The van der Waals surface area contributed by atoms with Gasteiger partial charge in [0.15, 0.2) is 5.82 Å². The Hall–Kier alpha value is -2.82. The number of piperidine rings is 1. The van der Waals surface area contributed by atoms with Crippen LogP contribution in [0.1, 0.15) is 49.8 Å². The number of aromatic nitrogens is 3. The van der Waals surface area contributed by atoms with E-state index in [9.17, 15) is 23.1 Å². The number of halogens is 3. The number of amides is 1. The van der Waals surface area contributed by atoms with E-state index in [4.69, 9.17) is 4.74 Å². The normalized spacial score (nSPS) is 22.4. The van der Waals surface area contributed by atoms with Crippen molar-refractivity contribution in [3.05, 3.63) is 29.6 Å². The highest BCUT2D eigenvalue weighted by Gasteiger charge is 2.53. The largest absolute Gasteiger partial charge is 0.489 e. The molecule has 4 heterocycles. The number of hydrogen-bond donors (Lipinski definition) is 3. The minimum Gasteiger partial charge on any atom is -0.489 e. The molecule has 2 aromatic rings. The molecule has 0 saturated carbocycles. The summed E-state index contributed by atoms with van der Waals surface area (Å²) in [6.07, 6.45) is -4.10. The number of nitrogens with zero attached hydrogens (tertiary/aromatic N) is 3. The molecule has 2 unspecified atom stereocenters. The van der Waals surface area contributed by atoms with Gasteiger partial charge in [0.25, 0.3) is 5.91 Å². The summed E-state index contributed by atoms with van der Waals surface area (Å²) in [6.45, 7) is 5.06. The fourth-order valence-electron chi connectivity index (χ4n) is 4.23. The summed E-state index contributed by atoms with van der Waals surface area (Å²) in [5.41, 5.74) is 0.163. The second-order valence-corrected chi connectivity index (χ2v) is 8.13. The Bertz CT molecular complexity index is 937. The lowest BCUT2D eigenvalue weighted by molar-refractivity contribution is -0.177. The average molecular weight is 439 g/mol. The molecule has 0 aromatic carbocycles. The molecule has 4 rings (SSSR count). The van der Waals surface area contributed by atoms with E-state index in [2.05, 4.69) is 25.4 Å². The van der Waals surface area contributed by atoms with Gasteiger partial charge in [-0.1, -0.05) is 0 Å². The van der Waals surface area contributed by atoms with E-state index in [1.165, 1.54) is 0 Å². The molecule has 0 aliphatic carbocycles. The molecule has 2 aromatic heterocycles. The predicted octanol–water partition coefficient (Wildman–Crippen LogP) is 2.93. The van der Waals surface area contributed by atoms with Crippen LogP contribution in [-0.4, -0.2) is 57.7 Å². The first-order chi connectivity index (χ1) is 14.6. The molecule has 0 bridgehead atoms. The van der Waals surface area contributed by atoms with E-state index < -0.39 is 24.1 Å². The van der Waals surface area contributed by atoms with Crippen LogP contribution in [0.3, 0.4) is 0 Å². The summed E-state index contributed by atoms with van der Waals surface area (Å²) < 4.78 is 46.6. The van der Waals surface area contributed by atoms with E-state index in [1.54, 1.807) is 6.20 Å². The number of H-pyrrole nitrogens is 1. The summed E-state index contributed by atoms with van der Waals surface area (Å²) >= 11 is 0. The van der Waals surface area contributed by atoms with Gasteiger partial charge in [-0.25, -0.2) is 4.98 Å². The van der Waals surface area contributed by atoms with Crippen LogP contribution < -0.4 is 15.0 Å². The lowest BCUT2D eigenvalue weighted by Gasteiger charge is -2.34. The molecule has 0 spiro atoms. The summed E-state index contributed by atoms with van der Waals surface area (Å²) in [4.78, 5) is 18.2. The monoisotopic (exact) mass is 439 g/mol. The highest BCUT2D eigenvalue weighted by atomic mass is 19.4. The summed E-state index contributed by atoms with van der Waals surface area (Å²) in [5.74, 6) is -2.30. The molecule has 2 aliphatic rings. The van der Waals surface area contributed by atoms with Crippen molar-refractivity contribution in [2.24, 2.45) is 0 Å². The number of alkyl halides is 3. The predicted molar refractivity (Wildman–Crippen MR) is 106 cm³/mol. The molecule has 8 nitrogen and oxygen atoms in total. The Morgan fingerprint density at radius 1 is 1.26 bits per heavy atom. The molecule has 11 heteroatoms. The lowest BCUT2D eigenvalue weighted by Crippen LogP contribution is -2.44. The van der Waals surface area contributed by atoms with Gasteiger partial charge in [-0.3, -0.25) is 9.89 Å². The van der Waals surface area contributed by atoms with Crippen LogP contribution in [0.5, 0.6) is 5.75 Å². The van der Waals surface area contributed by atoms with Crippen LogP contribution >= 0.6 is 0 Å². The van der Waals surface area contributed by atoms with Gasteiger partial charge >= 0.3 is 6.18 Å². The summed E-state index contributed by atoms with van der Waals surface area (Å²) in [5, 5.41) is 18.8. The molecular formula is C20H24F3N5O3. The fraction of sp³-hybridized carbons (Fsp3) is 0.550.